The van der Waals surface area contributed by atoms with Crippen LogP contribution in [-0.2, 0) is 12.8 Å². The number of hydrogen-bond donors (Lipinski definition) is 0. The number of hydrogen-bond acceptors (Lipinski definition) is 4. The summed E-state index contributed by atoms with van der Waals surface area (Å²) in [5.41, 5.74) is 1.95. The minimum Gasteiger partial charge on any atom is -0.492 e. The van der Waals surface area contributed by atoms with Crippen molar-refractivity contribution in [3.63, 3.8) is 0 Å². The highest BCUT2D eigenvalue weighted by molar-refractivity contribution is 7.14. The lowest BCUT2D eigenvalue weighted by molar-refractivity contribution is 0.104. The van der Waals surface area contributed by atoms with Gasteiger partial charge in [-0.3, -0.25) is 9.78 Å². The van der Waals surface area contributed by atoms with E-state index >= 15 is 0 Å². The number of thiophene rings is 1. The van der Waals surface area contributed by atoms with Gasteiger partial charge in [0.1, 0.15) is 5.75 Å². The summed E-state index contributed by atoms with van der Waals surface area (Å²) in [4.78, 5) is 18.7. The van der Waals surface area contributed by atoms with Crippen molar-refractivity contribution in [3.05, 3.63) is 45.4 Å². The second-order valence-electron chi connectivity index (χ2n) is 4.58. The SMILES string of the molecule is CCOc1cncc(C(=O)c2cc3c(s2)CCC3)c1. The second kappa shape index (κ2) is 5.13. The smallest absolute Gasteiger partial charge is 0.204 e. The summed E-state index contributed by atoms with van der Waals surface area (Å²) in [5.74, 6) is 0.700. The predicted molar refractivity (Wildman–Crippen MR) is 75.2 cm³/mol. The Labute approximate surface area is 116 Å². The molecule has 2 aromatic heterocycles. The summed E-state index contributed by atoms with van der Waals surface area (Å²) in [7, 11) is 0. The molecule has 98 valence electrons. The molecule has 0 N–H and O–H groups in total. The van der Waals surface area contributed by atoms with Gasteiger partial charge in [-0.1, -0.05) is 0 Å². The van der Waals surface area contributed by atoms with E-state index < -0.39 is 0 Å². The van der Waals surface area contributed by atoms with Crippen molar-refractivity contribution in [2.24, 2.45) is 0 Å². The zero-order chi connectivity index (χ0) is 13.2. The summed E-state index contributed by atoms with van der Waals surface area (Å²) in [6.45, 7) is 2.49. The Hall–Kier alpha value is -1.68. The van der Waals surface area contributed by atoms with Crippen LogP contribution >= 0.6 is 11.3 Å². The summed E-state index contributed by atoms with van der Waals surface area (Å²) in [6, 6.07) is 3.81. The van der Waals surface area contributed by atoms with Gasteiger partial charge < -0.3 is 4.74 Å². The Morgan fingerprint density at radius 1 is 1.37 bits per heavy atom. The molecule has 0 atom stereocenters. The Balaban J connectivity index is 1.88. The summed E-state index contributed by atoms with van der Waals surface area (Å²) < 4.78 is 5.38. The van der Waals surface area contributed by atoms with E-state index in [1.54, 1.807) is 29.8 Å². The van der Waals surface area contributed by atoms with Gasteiger partial charge in [0, 0.05) is 16.6 Å². The lowest BCUT2D eigenvalue weighted by Gasteiger charge is -2.03. The molecule has 1 aliphatic rings. The van der Waals surface area contributed by atoms with E-state index in [1.165, 1.54) is 16.9 Å². The van der Waals surface area contributed by atoms with E-state index in [0.29, 0.717) is 17.9 Å². The zero-order valence-electron chi connectivity index (χ0n) is 10.8. The number of ether oxygens (including phenoxy) is 1. The van der Waals surface area contributed by atoms with Crippen LogP contribution < -0.4 is 4.74 Å². The number of carbonyl (C=O) groups is 1. The fourth-order valence-corrected chi connectivity index (χ4v) is 3.59. The highest BCUT2D eigenvalue weighted by atomic mass is 32.1. The van der Waals surface area contributed by atoms with Crippen LogP contribution in [0.15, 0.2) is 24.5 Å². The molecular formula is C15H15NO2S. The molecule has 4 heteroatoms. The van der Waals surface area contributed by atoms with Crippen molar-refractivity contribution in [1.29, 1.82) is 0 Å². The van der Waals surface area contributed by atoms with Gasteiger partial charge in [0.2, 0.25) is 5.78 Å². The van der Waals surface area contributed by atoms with E-state index in [9.17, 15) is 4.79 Å². The van der Waals surface area contributed by atoms with E-state index in [0.717, 1.165) is 17.7 Å². The van der Waals surface area contributed by atoms with Crippen LogP contribution in [0.3, 0.4) is 0 Å². The molecule has 0 spiro atoms. The summed E-state index contributed by atoms with van der Waals surface area (Å²) >= 11 is 1.63. The molecule has 0 saturated carbocycles. The number of aromatic nitrogens is 1. The number of pyridine rings is 1. The molecular weight excluding hydrogens is 258 g/mol. The van der Waals surface area contributed by atoms with Gasteiger partial charge in [-0.15, -0.1) is 11.3 Å². The van der Waals surface area contributed by atoms with E-state index in [-0.39, 0.29) is 5.78 Å². The quantitative estimate of drug-likeness (QED) is 0.803. The van der Waals surface area contributed by atoms with Crippen LogP contribution in [0.25, 0.3) is 0 Å². The molecule has 3 nitrogen and oxygen atoms in total. The van der Waals surface area contributed by atoms with Gasteiger partial charge in [0.25, 0.3) is 0 Å². The molecule has 0 bridgehead atoms. The first-order valence-electron chi connectivity index (χ1n) is 6.52. The van der Waals surface area contributed by atoms with Crippen LogP contribution in [-0.4, -0.2) is 17.4 Å². The summed E-state index contributed by atoms with van der Waals surface area (Å²) in [5, 5.41) is 0. The van der Waals surface area contributed by atoms with Crippen LogP contribution in [0.5, 0.6) is 5.75 Å². The molecule has 0 fully saturated rings. The van der Waals surface area contributed by atoms with Crippen molar-refractivity contribution in [2.75, 3.05) is 6.61 Å². The lowest BCUT2D eigenvalue weighted by Crippen LogP contribution is -2.01. The second-order valence-corrected chi connectivity index (χ2v) is 5.72. The third kappa shape index (κ3) is 2.40. The minimum absolute atomic E-state index is 0.0495. The van der Waals surface area contributed by atoms with Crippen molar-refractivity contribution >= 4 is 17.1 Å². The number of rotatable bonds is 4. The Morgan fingerprint density at radius 3 is 3.05 bits per heavy atom. The fourth-order valence-electron chi connectivity index (χ4n) is 2.37. The molecule has 0 amide bonds. The van der Waals surface area contributed by atoms with Crippen LogP contribution in [0, 0.1) is 0 Å². The zero-order valence-corrected chi connectivity index (χ0v) is 11.6. The minimum atomic E-state index is 0.0495. The molecule has 3 rings (SSSR count). The summed E-state index contributed by atoms with van der Waals surface area (Å²) in [6.07, 6.45) is 6.68. The van der Waals surface area contributed by atoms with Crippen molar-refractivity contribution in [3.8, 4) is 5.75 Å². The number of ketones is 1. The van der Waals surface area contributed by atoms with Gasteiger partial charge in [0.05, 0.1) is 17.7 Å². The largest absolute Gasteiger partial charge is 0.492 e. The first-order chi connectivity index (χ1) is 9.28. The van der Waals surface area contributed by atoms with Gasteiger partial charge in [-0.2, -0.15) is 0 Å². The number of carbonyl (C=O) groups excluding carboxylic acids is 1. The maximum absolute atomic E-state index is 12.4. The Morgan fingerprint density at radius 2 is 2.26 bits per heavy atom. The third-order valence-electron chi connectivity index (χ3n) is 3.26. The van der Waals surface area contributed by atoms with Crippen LogP contribution in [0.1, 0.15) is 39.0 Å². The number of nitrogens with zero attached hydrogens (tertiary/aromatic N) is 1. The number of fused-ring (bicyclic) bond motifs is 1. The van der Waals surface area contributed by atoms with Crippen molar-refractivity contribution in [2.45, 2.75) is 26.2 Å². The standard InChI is InChI=1S/C15H15NO2S/c1-2-18-12-6-11(8-16-9-12)15(17)14-7-10-4-3-5-13(10)19-14/h6-9H,2-5H2,1H3. The maximum atomic E-state index is 12.4. The van der Waals surface area contributed by atoms with E-state index in [4.69, 9.17) is 4.74 Å². The average molecular weight is 273 g/mol. The molecule has 0 saturated heterocycles. The Bertz CT molecular complexity index is 597. The molecule has 2 heterocycles. The highest BCUT2D eigenvalue weighted by Crippen LogP contribution is 2.32. The third-order valence-corrected chi connectivity index (χ3v) is 4.49. The molecule has 0 aliphatic heterocycles. The molecule has 19 heavy (non-hydrogen) atoms. The van der Waals surface area contributed by atoms with Crippen molar-refractivity contribution in [1.82, 2.24) is 4.98 Å². The van der Waals surface area contributed by atoms with E-state index in [1.807, 2.05) is 13.0 Å². The average Bonchev–Trinajstić information content (AvgIpc) is 2.99. The van der Waals surface area contributed by atoms with Gasteiger partial charge in [0.15, 0.2) is 0 Å². The van der Waals surface area contributed by atoms with E-state index in [2.05, 4.69) is 4.98 Å². The lowest BCUT2D eigenvalue weighted by atomic mass is 10.1. The normalized spacial score (nSPS) is 13.3. The maximum Gasteiger partial charge on any atom is 0.204 e. The molecule has 0 unspecified atom stereocenters. The van der Waals surface area contributed by atoms with Crippen LogP contribution in [0.4, 0.5) is 0 Å². The molecule has 1 aliphatic carbocycles. The first kappa shape index (κ1) is 12.4. The molecule has 0 radical (unpaired) electrons. The predicted octanol–water partition coefficient (Wildman–Crippen LogP) is 3.26. The van der Waals surface area contributed by atoms with Crippen molar-refractivity contribution < 1.29 is 9.53 Å². The topological polar surface area (TPSA) is 39.2 Å². The number of aryl methyl sites for hydroxylation is 2. The monoisotopic (exact) mass is 273 g/mol. The van der Waals surface area contributed by atoms with Crippen LogP contribution in [0.2, 0.25) is 0 Å². The Kier molecular flexibility index (Phi) is 3.34. The highest BCUT2D eigenvalue weighted by Gasteiger charge is 2.19. The van der Waals surface area contributed by atoms with Gasteiger partial charge >= 0.3 is 0 Å². The van der Waals surface area contributed by atoms with Gasteiger partial charge in [-0.25, -0.2) is 0 Å². The first-order valence-corrected chi connectivity index (χ1v) is 7.33. The molecule has 2 aromatic rings. The van der Waals surface area contributed by atoms with Gasteiger partial charge in [-0.05, 0) is 43.9 Å². The fraction of sp³-hybridized carbons (Fsp3) is 0.333. The molecule has 0 aromatic carbocycles.